The molecule has 0 bridgehead atoms. The Morgan fingerprint density at radius 2 is 1.70 bits per heavy atom. The second kappa shape index (κ2) is 16.0. The fraction of sp³-hybridized carbons (Fsp3) is 0.488. The molecule has 1 aliphatic carbocycles. The number of hydrogen-bond donors (Lipinski definition) is 3. The molecule has 2 aromatic carbocycles. The van der Waals surface area contributed by atoms with Gasteiger partial charge in [-0.3, -0.25) is 28.8 Å². The average molecular weight is 847 g/mol. The van der Waals surface area contributed by atoms with Crippen molar-refractivity contribution in [3.63, 3.8) is 0 Å². The number of piperidine rings is 2. The van der Waals surface area contributed by atoms with Gasteiger partial charge in [-0.05, 0) is 108 Å². The van der Waals surface area contributed by atoms with Crippen molar-refractivity contribution in [2.45, 2.75) is 95.0 Å². The van der Waals surface area contributed by atoms with Gasteiger partial charge < -0.3 is 20.2 Å². The molecule has 60 heavy (non-hydrogen) atoms. The molecule has 3 amide bonds. The Kier molecular flexibility index (Phi) is 11.1. The molecule has 318 valence electrons. The lowest BCUT2D eigenvalue weighted by molar-refractivity contribution is -0.141. The molecule has 8 rings (SSSR count). The Bertz CT molecular complexity index is 2530. The van der Waals surface area contributed by atoms with Crippen molar-refractivity contribution in [2.75, 3.05) is 36.9 Å². The number of carbonyl (C=O) groups excluding carboxylic acids is 3. The summed E-state index contributed by atoms with van der Waals surface area (Å²) in [7, 11) is 3.95. The van der Waals surface area contributed by atoms with Crippen LogP contribution < -0.4 is 21.2 Å². The third kappa shape index (κ3) is 8.18. The van der Waals surface area contributed by atoms with E-state index in [-0.39, 0.29) is 29.6 Å². The van der Waals surface area contributed by atoms with Gasteiger partial charge in [0.05, 0.1) is 37.5 Å². The maximum Gasteiger partial charge on any atom is 0.433 e. The van der Waals surface area contributed by atoms with Crippen LogP contribution in [0.15, 0.2) is 53.3 Å². The number of carbonyl (C=O) groups is 3. The molecule has 3 aliphatic rings. The number of amides is 3. The number of rotatable bonds is 9. The largest absolute Gasteiger partial charge is 0.433 e. The van der Waals surface area contributed by atoms with Crippen LogP contribution in [0.1, 0.15) is 104 Å². The predicted molar refractivity (Wildman–Crippen MR) is 223 cm³/mol. The van der Waals surface area contributed by atoms with E-state index in [0.717, 1.165) is 91.2 Å². The standard InChI is InChI=1S/C43H49F3N8O5S/c1-42(2,59)27-21-30-34(22-29(27)48-38(56)28-7-5-10-35(47-28)43(44,45)46)60-40(49-30)25-13-11-24(12-14-25)23-51(3)26-17-19-53(20-18-26)31-8-6-9-32-37(31)52(4)41(58)54(32)33-15-16-36(55)50-39(33)57/h5-10,21-22,24-26,33,59H,11-20,23H2,1-4H3,(H,48,56)(H,50,55,57)/t24-,25-,33?. The molecule has 3 aromatic heterocycles. The minimum Gasteiger partial charge on any atom is -0.386 e. The number of aryl methyl sites for hydroxylation is 1. The molecule has 1 saturated carbocycles. The number of halogens is 3. The smallest absolute Gasteiger partial charge is 0.386 e. The van der Waals surface area contributed by atoms with Crippen LogP contribution in [-0.4, -0.2) is 79.6 Å². The van der Waals surface area contributed by atoms with E-state index in [2.05, 4.69) is 32.5 Å². The normalized spacial score (nSPS) is 20.9. The summed E-state index contributed by atoms with van der Waals surface area (Å²) in [5.41, 5.74) is 0.652. The van der Waals surface area contributed by atoms with Crippen molar-refractivity contribution in [1.82, 2.24) is 29.3 Å². The number of pyridine rings is 1. The van der Waals surface area contributed by atoms with Crippen molar-refractivity contribution in [3.05, 3.63) is 81.0 Å². The number of imidazole rings is 1. The number of nitrogens with one attached hydrogen (secondary N) is 2. The molecule has 3 fully saturated rings. The van der Waals surface area contributed by atoms with E-state index in [1.54, 1.807) is 37.6 Å². The van der Waals surface area contributed by atoms with Crippen LogP contribution >= 0.6 is 11.3 Å². The first-order valence-electron chi connectivity index (χ1n) is 20.5. The molecule has 2 saturated heterocycles. The molecule has 1 atom stereocenters. The number of nitrogens with zero attached hydrogens (tertiary/aromatic N) is 6. The van der Waals surface area contributed by atoms with Gasteiger partial charge in [-0.15, -0.1) is 11.3 Å². The number of alkyl halides is 3. The van der Waals surface area contributed by atoms with Gasteiger partial charge in [0.2, 0.25) is 11.8 Å². The molecule has 5 heterocycles. The van der Waals surface area contributed by atoms with E-state index in [4.69, 9.17) is 4.98 Å². The lowest BCUT2D eigenvalue weighted by Gasteiger charge is -2.40. The van der Waals surface area contributed by atoms with Gasteiger partial charge in [-0.25, -0.2) is 14.8 Å². The number of fused-ring (bicyclic) bond motifs is 2. The summed E-state index contributed by atoms with van der Waals surface area (Å²) in [6.45, 7) is 5.82. The number of imide groups is 1. The zero-order chi connectivity index (χ0) is 42.7. The van der Waals surface area contributed by atoms with E-state index >= 15 is 0 Å². The van der Waals surface area contributed by atoms with E-state index in [9.17, 15) is 37.5 Å². The molecule has 5 aromatic rings. The van der Waals surface area contributed by atoms with E-state index in [0.29, 0.717) is 40.7 Å². The zero-order valence-electron chi connectivity index (χ0n) is 34.0. The quantitative estimate of drug-likeness (QED) is 0.138. The fourth-order valence-electron chi connectivity index (χ4n) is 9.28. The first kappa shape index (κ1) is 41.6. The maximum absolute atomic E-state index is 13.5. The molecule has 1 unspecified atom stereocenters. The number of aliphatic hydroxyl groups is 1. The monoisotopic (exact) mass is 846 g/mol. The van der Waals surface area contributed by atoms with Crippen molar-refractivity contribution >= 4 is 61.7 Å². The van der Waals surface area contributed by atoms with Gasteiger partial charge in [-0.2, -0.15) is 13.2 Å². The highest BCUT2D eigenvalue weighted by Crippen LogP contribution is 2.42. The Morgan fingerprint density at radius 3 is 2.38 bits per heavy atom. The lowest BCUT2D eigenvalue weighted by Crippen LogP contribution is -2.45. The van der Waals surface area contributed by atoms with E-state index in [1.165, 1.54) is 22.0 Å². The molecule has 17 heteroatoms. The lowest BCUT2D eigenvalue weighted by atomic mass is 9.82. The number of thiazole rings is 1. The van der Waals surface area contributed by atoms with Crippen molar-refractivity contribution in [3.8, 4) is 0 Å². The highest BCUT2D eigenvalue weighted by Gasteiger charge is 2.35. The summed E-state index contributed by atoms with van der Waals surface area (Å²) in [6, 6.07) is 12.2. The van der Waals surface area contributed by atoms with Crippen molar-refractivity contribution in [2.24, 2.45) is 13.0 Å². The Morgan fingerprint density at radius 1 is 0.983 bits per heavy atom. The van der Waals surface area contributed by atoms with E-state index in [1.807, 2.05) is 18.2 Å². The van der Waals surface area contributed by atoms with Gasteiger partial charge in [0, 0.05) is 56.3 Å². The Balaban J connectivity index is 0.885. The Labute approximate surface area is 348 Å². The van der Waals surface area contributed by atoms with Crippen LogP contribution in [0, 0.1) is 5.92 Å². The summed E-state index contributed by atoms with van der Waals surface area (Å²) in [5.74, 6) is -0.755. The van der Waals surface area contributed by atoms with Crippen molar-refractivity contribution in [1.29, 1.82) is 0 Å². The molecular weight excluding hydrogens is 798 g/mol. The summed E-state index contributed by atoms with van der Waals surface area (Å²) in [6.07, 6.45) is 1.83. The second-order valence-corrected chi connectivity index (χ2v) is 18.1. The molecule has 13 nitrogen and oxygen atoms in total. The third-order valence-corrected chi connectivity index (χ3v) is 13.7. The molecule has 3 N–H and O–H groups in total. The molecule has 0 radical (unpaired) electrons. The highest BCUT2D eigenvalue weighted by atomic mass is 32.1. The molecule has 2 aliphatic heterocycles. The van der Waals surface area contributed by atoms with Crippen LogP contribution in [0.3, 0.4) is 0 Å². The van der Waals surface area contributed by atoms with Crippen molar-refractivity contribution < 1.29 is 32.7 Å². The van der Waals surface area contributed by atoms with Gasteiger partial charge >= 0.3 is 11.9 Å². The SMILES string of the molecule is CN(C[C@H]1CC[C@H](c2nc3cc(C(C)(C)O)c(NC(=O)c4cccc(C(F)(F)F)n4)cc3s2)CC1)C1CCN(c2cccc3c2n(C)c(=O)n3C2CCC(=O)NC2=O)CC1. The van der Waals surface area contributed by atoms with Crippen LogP contribution in [0.2, 0.25) is 0 Å². The first-order valence-corrected chi connectivity index (χ1v) is 21.3. The van der Waals surface area contributed by atoms with E-state index < -0.39 is 35.3 Å². The highest BCUT2D eigenvalue weighted by molar-refractivity contribution is 7.18. The minimum absolute atomic E-state index is 0.194. The maximum atomic E-state index is 13.5. The van der Waals surface area contributed by atoms with Gasteiger partial charge in [0.15, 0.2) is 0 Å². The average Bonchev–Trinajstić information content (AvgIpc) is 3.74. The number of hydrogen-bond acceptors (Lipinski definition) is 10. The third-order valence-electron chi connectivity index (χ3n) is 12.5. The zero-order valence-corrected chi connectivity index (χ0v) is 34.8. The summed E-state index contributed by atoms with van der Waals surface area (Å²) < 4.78 is 43.8. The topological polar surface area (TPSA) is 155 Å². The number of benzene rings is 2. The van der Waals surface area contributed by atoms with Crippen LogP contribution in [0.5, 0.6) is 0 Å². The summed E-state index contributed by atoms with van der Waals surface area (Å²) in [5, 5.41) is 17.1. The van der Waals surface area contributed by atoms with Gasteiger partial charge in [0.25, 0.3) is 5.91 Å². The number of para-hydroxylation sites is 1. The first-order chi connectivity index (χ1) is 28.5. The van der Waals surface area contributed by atoms with Gasteiger partial charge in [-0.1, -0.05) is 12.1 Å². The van der Waals surface area contributed by atoms with Gasteiger partial charge in [0.1, 0.15) is 17.4 Å². The fourth-order valence-corrected chi connectivity index (χ4v) is 10.4. The molecule has 0 spiro atoms. The summed E-state index contributed by atoms with van der Waals surface area (Å²) >= 11 is 1.54. The number of aromatic nitrogens is 4. The van der Waals surface area contributed by atoms with Crippen LogP contribution in [-0.2, 0) is 28.4 Å². The summed E-state index contributed by atoms with van der Waals surface area (Å²) in [4.78, 5) is 64.4. The van der Waals surface area contributed by atoms with Crippen LogP contribution in [0.25, 0.3) is 21.3 Å². The van der Waals surface area contributed by atoms with Crippen LogP contribution in [0.4, 0.5) is 24.5 Å². The number of anilines is 2. The molecular formula is C43H49F3N8O5S. The predicted octanol–water partition coefficient (Wildman–Crippen LogP) is 6.70. The Hall–Kier alpha value is -5.13. The minimum atomic E-state index is -4.69. The second-order valence-electron chi connectivity index (χ2n) is 17.0.